The summed E-state index contributed by atoms with van der Waals surface area (Å²) in [6, 6.07) is 0. The standard InChI is InChI=1S/C5H12BrO3P.2Na/c6-4-2-1-3-5-10(7,8)9;;/h1-5H2,(H2,7,8,9);;/q;2*+1/p-2. The van der Waals surface area contributed by atoms with Gasteiger partial charge in [-0.05, 0) is 19.0 Å². The molecule has 0 rings (SSSR count). The fraction of sp³-hybridized carbons (Fsp3) is 1.00. The predicted molar refractivity (Wildman–Crippen MR) is 40.1 cm³/mol. The summed E-state index contributed by atoms with van der Waals surface area (Å²) >= 11 is 3.20. The van der Waals surface area contributed by atoms with Gasteiger partial charge in [0.2, 0.25) is 0 Å². The molecule has 12 heavy (non-hydrogen) atoms. The zero-order chi connectivity index (χ0) is 8.04. The van der Waals surface area contributed by atoms with E-state index in [1.165, 1.54) is 0 Å². The van der Waals surface area contributed by atoms with E-state index >= 15 is 0 Å². The molecule has 7 heteroatoms. The van der Waals surface area contributed by atoms with Crippen molar-refractivity contribution in [2.75, 3.05) is 11.5 Å². The van der Waals surface area contributed by atoms with E-state index in [9.17, 15) is 14.4 Å². The van der Waals surface area contributed by atoms with Crippen LogP contribution in [-0.4, -0.2) is 11.5 Å². The second-order valence-electron chi connectivity index (χ2n) is 2.08. The molecule has 0 fully saturated rings. The Balaban J connectivity index is -0.000000405. The summed E-state index contributed by atoms with van der Waals surface area (Å²) in [7, 11) is -4.22. The van der Waals surface area contributed by atoms with Gasteiger partial charge in [-0.3, -0.25) is 0 Å². The molecule has 0 saturated carbocycles. The van der Waals surface area contributed by atoms with E-state index in [0.29, 0.717) is 6.42 Å². The van der Waals surface area contributed by atoms with E-state index in [2.05, 4.69) is 15.9 Å². The molecule has 0 amide bonds. The van der Waals surface area contributed by atoms with Crippen molar-refractivity contribution in [1.29, 1.82) is 0 Å². The first kappa shape index (κ1) is 20.1. The first-order valence-electron chi connectivity index (χ1n) is 3.13. The van der Waals surface area contributed by atoms with Gasteiger partial charge < -0.3 is 14.4 Å². The molecule has 0 aromatic heterocycles. The maximum absolute atomic E-state index is 10.1. The van der Waals surface area contributed by atoms with E-state index in [0.717, 1.165) is 18.2 Å². The number of alkyl halides is 1. The van der Waals surface area contributed by atoms with Crippen molar-refractivity contribution in [3.8, 4) is 0 Å². The van der Waals surface area contributed by atoms with E-state index < -0.39 is 7.60 Å². The van der Waals surface area contributed by atoms with Crippen LogP contribution in [0.25, 0.3) is 0 Å². The van der Waals surface area contributed by atoms with Crippen molar-refractivity contribution in [3.63, 3.8) is 0 Å². The SMILES string of the molecule is O=P([O-])([O-])CCCCCBr.[Na+].[Na+]. The molecule has 0 radical (unpaired) electrons. The summed E-state index contributed by atoms with van der Waals surface area (Å²) in [5, 5.41) is 0.870. The van der Waals surface area contributed by atoms with Crippen LogP contribution in [0.4, 0.5) is 0 Å². The minimum absolute atomic E-state index is 0. The summed E-state index contributed by atoms with van der Waals surface area (Å²) in [6.45, 7) is 0. The van der Waals surface area contributed by atoms with Gasteiger partial charge in [0.1, 0.15) is 0 Å². The summed E-state index contributed by atoms with van der Waals surface area (Å²) in [6.07, 6.45) is 2.04. The Labute approximate surface area is 126 Å². The second-order valence-corrected chi connectivity index (χ2v) is 4.55. The fourth-order valence-corrected chi connectivity index (χ4v) is 1.58. The molecule has 0 spiro atoms. The molecule has 0 saturated heterocycles. The molecule has 0 aliphatic carbocycles. The van der Waals surface area contributed by atoms with Gasteiger partial charge >= 0.3 is 59.1 Å². The first-order chi connectivity index (χ1) is 4.56. The number of hydrogen-bond donors (Lipinski definition) is 0. The summed E-state index contributed by atoms with van der Waals surface area (Å²) in [4.78, 5) is 20.1. The van der Waals surface area contributed by atoms with Gasteiger partial charge in [0.15, 0.2) is 0 Å². The average Bonchev–Trinajstić information content (AvgIpc) is 1.78. The summed E-state index contributed by atoms with van der Waals surface area (Å²) in [5.41, 5.74) is 0. The Morgan fingerprint density at radius 1 is 1.08 bits per heavy atom. The van der Waals surface area contributed by atoms with E-state index in [1.54, 1.807) is 0 Å². The molecule has 0 N–H and O–H groups in total. The molecule has 0 heterocycles. The maximum atomic E-state index is 10.1. The first-order valence-corrected chi connectivity index (χ1v) is 5.98. The van der Waals surface area contributed by atoms with E-state index in [1.807, 2.05) is 0 Å². The van der Waals surface area contributed by atoms with Crippen LogP contribution in [0.2, 0.25) is 0 Å². The fourth-order valence-electron chi connectivity index (χ4n) is 0.577. The van der Waals surface area contributed by atoms with Crippen LogP contribution >= 0.6 is 23.5 Å². The van der Waals surface area contributed by atoms with Gasteiger partial charge in [-0.1, -0.05) is 29.9 Å². The number of halogens is 1. The van der Waals surface area contributed by atoms with Crippen LogP contribution < -0.4 is 68.9 Å². The summed E-state index contributed by atoms with van der Waals surface area (Å²) in [5.74, 6) is 0. The van der Waals surface area contributed by atoms with Gasteiger partial charge in [-0.25, -0.2) is 0 Å². The van der Waals surface area contributed by atoms with Crippen LogP contribution in [0, 0.1) is 0 Å². The molecule has 0 atom stereocenters. The molecule has 3 nitrogen and oxygen atoms in total. The Morgan fingerprint density at radius 2 is 1.58 bits per heavy atom. The van der Waals surface area contributed by atoms with Crippen LogP contribution in [0.1, 0.15) is 19.3 Å². The molecule has 0 aromatic carbocycles. The van der Waals surface area contributed by atoms with Crippen molar-refractivity contribution >= 4 is 23.5 Å². The van der Waals surface area contributed by atoms with Crippen molar-refractivity contribution < 1.29 is 73.5 Å². The molecule has 0 unspecified atom stereocenters. The Hall–Kier alpha value is 2.63. The maximum Gasteiger partial charge on any atom is 1.00 e. The molecular formula is C5H10BrNa2O3P. The topological polar surface area (TPSA) is 63.2 Å². The number of rotatable bonds is 5. The second kappa shape index (κ2) is 11.7. The van der Waals surface area contributed by atoms with E-state index in [-0.39, 0.29) is 65.3 Å². The molecule has 0 aliphatic rings. The van der Waals surface area contributed by atoms with Gasteiger partial charge in [0.05, 0.1) is 0 Å². The Morgan fingerprint density at radius 3 is 1.92 bits per heavy atom. The van der Waals surface area contributed by atoms with Crippen molar-refractivity contribution in [2.45, 2.75) is 19.3 Å². The van der Waals surface area contributed by atoms with Crippen LogP contribution in [0.15, 0.2) is 0 Å². The van der Waals surface area contributed by atoms with Gasteiger partial charge in [-0.2, -0.15) is 0 Å². The normalized spacial score (nSPS) is 9.92. The van der Waals surface area contributed by atoms with Crippen molar-refractivity contribution in [3.05, 3.63) is 0 Å². The zero-order valence-electron chi connectivity index (χ0n) is 7.59. The Bertz CT molecular complexity index is 130. The smallest absolute Gasteiger partial charge is 0.811 e. The third-order valence-corrected chi connectivity index (χ3v) is 2.49. The number of unbranched alkanes of at least 4 members (excludes halogenated alkanes) is 2. The third-order valence-electron chi connectivity index (χ3n) is 1.07. The molecular weight excluding hydrogens is 265 g/mol. The van der Waals surface area contributed by atoms with Gasteiger partial charge in [0, 0.05) is 5.33 Å². The monoisotopic (exact) mass is 274 g/mol. The van der Waals surface area contributed by atoms with Crippen LogP contribution in [0.3, 0.4) is 0 Å². The van der Waals surface area contributed by atoms with Crippen LogP contribution in [-0.2, 0) is 4.57 Å². The van der Waals surface area contributed by atoms with Crippen LogP contribution in [0.5, 0.6) is 0 Å². The van der Waals surface area contributed by atoms with Crippen molar-refractivity contribution in [1.82, 2.24) is 0 Å². The number of hydrogen-bond acceptors (Lipinski definition) is 3. The van der Waals surface area contributed by atoms with Gasteiger partial charge in [0.25, 0.3) is 0 Å². The quantitative estimate of drug-likeness (QED) is 0.218. The minimum Gasteiger partial charge on any atom is -0.811 e. The molecule has 0 bridgehead atoms. The average molecular weight is 275 g/mol. The zero-order valence-corrected chi connectivity index (χ0v) is 14.1. The largest absolute Gasteiger partial charge is 1.00 e. The molecule has 0 aliphatic heterocycles. The van der Waals surface area contributed by atoms with Crippen molar-refractivity contribution in [2.24, 2.45) is 0 Å². The third kappa shape index (κ3) is 18.4. The molecule has 62 valence electrons. The minimum atomic E-state index is -4.22. The summed E-state index contributed by atoms with van der Waals surface area (Å²) < 4.78 is 10.1. The molecule has 0 aromatic rings. The van der Waals surface area contributed by atoms with E-state index in [4.69, 9.17) is 0 Å². The van der Waals surface area contributed by atoms with Gasteiger partial charge in [-0.15, -0.1) is 0 Å². The predicted octanol–water partition coefficient (Wildman–Crippen LogP) is -5.53. The Kier molecular flexibility index (Phi) is 19.6.